The maximum atomic E-state index is 3.78. The first-order valence-corrected chi connectivity index (χ1v) is 8.90. The number of rotatable bonds is 8. The van der Waals surface area contributed by atoms with Crippen molar-refractivity contribution in [3.63, 3.8) is 0 Å². The molecule has 1 aliphatic heterocycles. The number of hydrogen-bond donors (Lipinski definition) is 1. The summed E-state index contributed by atoms with van der Waals surface area (Å²) in [5, 5.41) is 3.78. The highest BCUT2D eigenvalue weighted by atomic mass is 32.2. The highest BCUT2D eigenvalue weighted by Gasteiger charge is 2.24. The zero-order valence-corrected chi connectivity index (χ0v) is 12.9. The Morgan fingerprint density at radius 1 is 1.32 bits per heavy atom. The van der Waals surface area contributed by atoms with Gasteiger partial charge in [0.05, 0.1) is 0 Å². The molecule has 1 nitrogen and oxygen atoms in total. The van der Waals surface area contributed by atoms with E-state index >= 15 is 0 Å². The van der Waals surface area contributed by atoms with E-state index in [9.17, 15) is 0 Å². The Hall–Kier alpha value is -0.470. The van der Waals surface area contributed by atoms with Crippen LogP contribution < -0.4 is 5.32 Å². The standard InChI is InChI=1S/C17H27NS/c1-2-12-18-17(16-11-13-19-14-16)10-6-9-15-7-4-3-5-8-15/h3-5,7-8,16-18H,2,6,9-14H2,1H3. The molecule has 0 amide bonds. The van der Waals surface area contributed by atoms with Crippen LogP contribution in [0.1, 0.15) is 38.2 Å². The predicted octanol–water partition coefficient (Wildman–Crippen LogP) is 4.13. The number of hydrogen-bond acceptors (Lipinski definition) is 2. The van der Waals surface area contributed by atoms with Gasteiger partial charge in [0.2, 0.25) is 0 Å². The largest absolute Gasteiger partial charge is 0.314 e. The summed E-state index contributed by atoms with van der Waals surface area (Å²) in [5.74, 6) is 3.65. The summed E-state index contributed by atoms with van der Waals surface area (Å²) in [6.45, 7) is 3.44. The van der Waals surface area contributed by atoms with E-state index in [1.807, 2.05) is 0 Å². The third-order valence-corrected chi connectivity index (χ3v) is 5.20. The van der Waals surface area contributed by atoms with Crippen molar-refractivity contribution in [2.75, 3.05) is 18.1 Å². The Kier molecular flexibility index (Phi) is 6.80. The van der Waals surface area contributed by atoms with Gasteiger partial charge in [-0.05, 0) is 61.6 Å². The second kappa shape index (κ2) is 8.65. The lowest BCUT2D eigenvalue weighted by Gasteiger charge is -2.24. The number of aryl methyl sites for hydroxylation is 1. The molecule has 2 heteroatoms. The van der Waals surface area contributed by atoms with E-state index in [4.69, 9.17) is 0 Å². The molecule has 0 saturated carbocycles. The molecular weight excluding hydrogens is 250 g/mol. The fourth-order valence-corrected chi connectivity index (χ4v) is 4.21. The lowest BCUT2D eigenvalue weighted by molar-refractivity contribution is 0.355. The van der Waals surface area contributed by atoms with Crippen molar-refractivity contribution in [3.05, 3.63) is 35.9 Å². The molecule has 1 aliphatic rings. The Morgan fingerprint density at radius 2 is 2.16 bits per heavy atom. The first-order chi connectivity index (χ1) is 9.40. The molecule has 19 heavy (non-hydrogen) atoms. The third kappa shape index (κ3) is 5.19. The number of benzene rings is 1. The predicted molar refractivity (Wildman–Crippen MR) is 86.9 cm³/mol. The van der Waals surface area contributed by atoms with Crippen LogP contribution >= 0.6 is 11.8 Å². The molecule has 1 aromatic rings. The van der Waals surface area contributed by atoms with Crippen molar-refractivity contribution < 1.29 is 0 Å². The van der Waals surface area contributed by atoms with Gasteiger partial charge in [0.25, 0.3) is 0 Å². The first kappa shape index (κ1) is 14.9. The van der Waals surface area contributed by atoms with Gasteiger partial charge in [-0.15, -0.1) is 0 Å². The number of nitrogens with one attached hydrogen (secondary N) is 1. The molecule has 106 valence electrons. The van der Waals surface area contributed by atoms with Crippen LogP contribution in [-0.4, -0.2) is 24.1 Å². The quantitative estimate of drug-likeness (QED) is 0.767. The Morgan fingerprint density at radius 3 is 2.84 bits per heavy atom. The van der Waals surface area contributed by atoms with Gasteiger partial charge in [-0.3, -0.25) is 0 Å². The molecule has 2 rings (SSSR count). The van der Waals surface area contributed by atoms with Crippen LogP contribution in [0.25, 0.3) is 0 Å². The SMILES string of the molecule is CCCNC(CCCc1ccccc1)C1CCSC1. The van der Waals surface area contributed by atoms with Crippen LogP contribution in [0.4, 0.5) is 0 Å². The fraction of sp³-hybridized carbons (Fsp3) is 0.647. The van der Waals surface area contributed by atoms with Crippen LogP contribution in [-0.2, 0) is 6.42 Å². The Bertz CT molecular complexity index is 332. The topological polar surface area (TPSA) is 12.0 Å². The second-order valence-corrected chi connectivity index (χ2v) is 6.71. The van der Waals surface area contributed by atoms with E-state index < -0.39 is 0 Å². The Balaban J connectivity index is 1.75. The summed E-state index contributed by atoms with van der Waals surface area (Å²) in [7, 11) is 0. The van der Waals surface area contributed by atoms with Crippen LogP contribution in [0.3, 0.4) is 0 Å². The molecule has 2 unspecified atom stereocenters. The van der Waals surface area contributed by atoms with E-state index in [0.29, 0.717) is 0 Å². The smallest absolute Gasteiger partial charge is 0.0104 e. The fourth-order valence-electron chi connectivity index (χ4n) is 2.88. The minimum absolute atomic E-state index is 0.749. The average molecular weight is 277 g/mol. The summed E-state index contributed by atoms with van der Waals surface area (Å²) >= 11 is 2.13. The minimum Gasteiger partial charge on any atom is -0.314 e. The molecule has 1 heterocycles. The lowest BCUT2D eigenvalue weighted by atomic mass is 9.93. The van der Waals surface area contributed by atoms with Gasteiger partial charge in [-0.25, -0.2) is 0 Å². The summed E-state index contributed by atoms with van der Waals surface area (Å²) in [5.41, 5.74) is 1.48. The van der Waals surface area contributed by atoms with Gasteiger partial charge >= 0.3 is 0 Å². The molecule has 1 aromatic carbocycles. The summed E-state index contributed by atoms with van der Waals surface area (Å²) < 4.78 is 0. The highest BCUT2D eigenvalue weighted by Crippen LogP contribution is 2.28. The monoisotopic (exact) mass is 277 g/mol. The van der Waals surface area contributed by atoms with Gasteiger partial charge in [-0.2, -0.15) is 11.8 Å². The van der Waals surface area contributed by atoms with Crippen molar-refractivity contribution in [1.82, 2.24) is 5.32 Å². The van der Waals surface area contributed by atoms with Crippen LogP contribution in [0.15, 0.2) is 30.3 Å². The van der Waals surface area contributed by atoms with Crippen LogP contribution in [0.2, 0.25) is 0 Å². The molecule has 2 atom stereocenters. The van der Waals surface area contributed by atoms with Crippen molar-refractivity contribution in [3.8, 4) is 0 Å². The lowest BCUT2D eigenvalue weighted by Crippen LogP contribution is -2.36. The molecule has 1 saturated heterocycles. The minimum atomic E-state index is 0.749. The van der Waals surface area contributed by atoms with Crippen molar-refractivity contribution in [2.24, 2.45) is 5.92 Å². The number of thioether (sulfide) groups is 1. The van der Waals surface area contributed by atoms with E-state index in [1.165, 1.54) is 55.7 Å². The van der Waals surface area contributed by atoms with Crippen LogP contribution in [0.5, 0.6) is 0 Å². The normalized spacial score (nSPS) is 20.6. The van der Waals surface area contributed by atoms with E-state index in [1.54, 1.807) is 0 Å². The second-order valence-electron chi connectivity index (χ2n) is 5.56. The maximum absolute atomic E-state index is 3.78. The highest BCUT2D eigenvalue weighted by molar-refractivity contribution is 7.99. The maximum Gasteiger partial charge on any atom is 0.0104 e. The first-order valence-electron chi connectivity index (χ1n) is 7.75. The molecule has 1 fully saturated rings. The summed E-state index contributed by atoms with van der Waals surface area (Å²) in [6.07, 6.45) is 6.53. The van der Waals surface area contributed by atoms with Gasteiger partial charge < -0.3 is 5.32 Å². The van der Waals surface area contributed by atoms with E-state index in [0.717, 1.165) is 12.0 Å². The Labute approximate surface area is 122 Å². The molecule has 0 spiro atoms. The molecular formula is C17H27NS. The van der Waals surface area contributed by atoms with Gasteiger partial charge in [0.15, 0.2) is 0 Å². The molecule has 0 bridgehead atoms. The molecule has 0 radical (unpaired) electrons. The molecule has 1 N–H and O–H groups in total. The van der Waals surface area contributed by atoms with Gasteiger partial charge in [-0.1, -0.05) is 37.3 Å². The van der Waals surface area contributed by atoms with Crippen molar-refractivity contribution in [1.29, 1.82) is 0 Å². The zero-order valence-electron chi connectivity index (χ0n) is 12.1. The van der Waals surface area contributed by atoms with Crippen LogP contribution in [0, 0.1) is 5.92 Å². The summed E-state index contributed by atoms with van der Waals surface area (Å²) in [6, 6.07) is 11.6. The summed E-state index contributed by atoms with van der Waals surface area (Å²) in [4.78, 5) is 0. The molecule has 0 aromatic heterocycles. The van der Waals surface area contributed by atoms with Gasteiger partial charge in [0, 0.05) is 6.04 Å². The zero-order chi connectivity index (χ0) is 13.3. The molecule has 0 aliphatic carbocycles. The van der Waals surface area contributed by atoms with E-state index in [2.05, 4.69) is 54.3 Å². The third-order valence-electron chi connectivity index (χ3n) is 4.01. The van der Waals surface area contributed by atoms with E-state index in [-0.39, 0.29) is 0 Å². The van der Waals surface area contributed by atoms with Crippen molar-refractivity contribution in [2.45, 2.75) is 45.1 Å². The van der Waals surface area contributed by atoms with Gasteiger partial charge in [0.1, 0.15) is 0 Å². The average Bonchev–Trinajstić information content (AvgIpc) is 2.98. The van der Waals surface area contributed by atoms with Crippen molar-refractivity contribution >= 4 is 11.8 Å².